The molecule has 2 aromatic rings. The van der Waals surface area contributed by atoms with Crippen molar-refractivity contribution in [2.75, 3.05) is 17.3 Å². The first kappa shape index (κ1) is 17.0. The molecule has 5 nitrogen and oxygen atoms in total. The molecule has 0 spiro atoms. The van der Waals surface area contributed by atoms with Crippen LogP contribution in [0.3, 0.4) is 0 Å². The van der Waals surface area contributed by atoms with Gasteiger partial charge in [0.05, 0.1) is 5.92 Å². The average Bonchev–Trinajstić information content (AvgIpc) is 2.55. The number of amides is 1. The van der Waals surface area contributed by atoms with Crippen molar-refractivity contribution in [1.82, 2.24) is 0 Å². The van der Waals surface area contributed by atoms with Crippen LogP contribution in [-0.4, -0.2) is 24.0 Å². The topological polar surface area (TPSA) is 69.6 Å². The fraction of sp³-hybridized carbons (Fsp3) is 0.300. The van der Waals surface area contributed by atoms with Gasteiger partial charge < -0.3 is 15.3 Å². The van der Waals surface area contributed by atoms with E-state index in [9.17, 15) is 9.59 Å². The van der Waals surface area contributed by atoms with Crippen molar-refractivity contribution in [3.05, 3.63) is 60.2 Å². The average molecular weight is 338 g/mol. The van der Waals surface area contributed by atoms with Crippen LogP contribution in [0.4, 0.5) is 11.4 Å². The van der Waals surface area contributed by atoms with Gasteiger partial charge in [-0.15, -0.1) is 0 Å². The zero-order valence-electron chi connectivity index (χ0n) is 14.2. The van der Waals surface area contributed by atoms with Gasteiger partial charge in [0.15, 0.2) is 0 Å². The van der Waals surface area contributed by atoms with Crippen LogP contribution in [-0.2, 0) is 16.1 Å². The molecule has 1 aliphatic rings. The summed E-state index contributed by atoms with van der Waals surface area (Å²) in [5.41, 5.74) is 2.91. The number of carboxylic acid groups (broad SMARTS) is 1. The maximum absolute atomic E-state index is 12.4. The Hall–Kier alpha value is -2.82. The van der Waals surface area contributed by atoms with Crippen LogP contribution in [0.25, 0.3) is 0 Å². The van der Waals surface area contributed by atoms with E-state index in [4.69, 9.17) is 5.11 Å². The Labute approximate surface area is 147 Å². The predicted octanol–water partition coefficient (Wildman–Crippen LogP) is 3.37. The quantitative estimate of drug-likeness (QED) is 0.847. The molecule has 1 amide bonds. The highest BCUT2D eigenvalue weighted by atomic mass is 16.4. The zero-order valence-corrected chi connectivity index (χ0v) is 14.2. The van der Waals surface area contributed by atoms with Gasteiger partial charge in [0.1, 0.15) is 0 Å². The summed E-state index contributed by atoms with van der Waals surface area (Å²) in [4.78, 5) is 25.4. The monoisotopic (exact) mass is 338 g/mol. The van der Waals surface area contributed by atoms with Crippen LogP contribution in [0.2, 0.25) is 0 Å². The Balaban J connectivity index is 1.65. The third-order valence-corrected chi connectivity index (χ3v) is 4.74. The number of nitrogens with zero attached hydrogens (tertiary/aromatic N) is 1. The van der Waals surface area contributed by atoms with Crippen molar-refractivity contribution >= 4 is 23.3 Å². The molecule has 3 rings (SSSR count). The standard InChI is InChI=1S/C20H22N2O3/c1-22(17-8-3-2-4-9-17)13-14-7-5-6-10-18(14)21-19(23)15-11-16(12-15)20(24)25/h2-10,15-16H,11-13H2,1H3,(H,21,23)(H,24,25). The molecule has 0 radical (unpaired) electrons. The van der Waals surface area contributed by atoms with Crippen molar-refractivity contribution < 1.29 is 14.7 Å². The number of nitrogens with one attached hydrogen (secondary N) is 1. The number of hydrogen-bond donors (Lipinski definition) is 2. The number of rotatable bonds is 6. The highest BCUT2D eigenvalue weighted by Crippen LogP contribution is 2.35. The van der Waals surface area contributed by atoms with Gasteiger partial charge in [-0.2, -0.15) is 0 Å². The van der Waals surface area contributed by atoms with Gasteiger partial charge in [-0.1, -0.05) is 36.4 Å². The van der Waals surface area contributed by atoms with Gasteiger partial charge in [0.25, 0.3) is 0 Å². The molecule has 1 saturated carbocycles. The van der Waals surface area contributed by atoms with Crippen LogP contribution in [0.1, 0.15) is 18.4 Å². The lowest BCUT2D eigenvalue weighted by Gasteiger charge is -2.31. The second-order valence-electron chi connectivity index (χ2n) is 6.54. The lowest BCUT2D eigenvalue weighted by molar-refractivity contribution is -0.147. The number of hydrogen-bond acceptors (Lipinski definition) is 3. The summed E-state index contributed by atoms with van der Waals surface area (Å²) in [6, 6.07) is 17.8. The van der Waals surface area contributed by atoms with E-state index in [1.54, 1.807) is 0 Å². The predicted molar refractivity (Wildman–Crippen MR) is 97.5 cm³/mol. The van der Waals surface area contributed by atoms with Gasteiger partial charge in [0.2, 0.25) is 5.91 Å². The smallest absolute Gasteiger partial charge is 0.306 e. The zero-order chi connectivity index (χ0) is 17.8. The van der Waals surface area contributed by atoms with Crippen molar-refractivity contribution in [3.63, 3.8) is 0 Å². The Morgan fingerprint density at radius 1 is 1.04 bits per heavy atom. The van der Waals surface area contributed by atoms with E-state index in [0.717, 1.165) is 16.9 Å². The third-order valence-electron chi connectivity index (χ3n) is 4.74. The molecule has 0 atom stereocenters. The number of aliphatic carboxylic acids is 1. The number of carbonyl (C=O) groups is 2. The third kappa shape index (κ3) is 3.99. The lowest BCUT2D eigenvalue weighted by Crippen LogP contribution is -2.38. The number of carbonyl (C=O) groups excluding carboxylic acids is 1. The van der Waals surface area contributed by atoms with Gasteiger partial charge in [-0.25, -0.2) is 0 Å². The molecule has 1 fully saturated rings. The van der Waals surface area contributed by atoms with E-state index in [1.807, 2.05) is 61.6 Å². The molecule has 2 N–H and O–H groups in total. The molecule has 0 aliphatic heterocycles. The van der Waals surface area contributed by atoms with Gasteiger partial charge in [-0.3, -0.25) is 9.59 Å². The van der Waals surface area contributed by atoms with Crippen molar-refractivity contribution in [3.8, 4) is 0 Å². The Morgan fingerprint density at radius 2 is 1.68 bits per heavy atom. The van der Waals surface area contributed by atoms with E-state index in [-0.39, 0.29) is 17.7 Å². The number of anilines is 2. The number of benzene rings is 2. The summed E-state index contributed by atoms with van der Waals surface area (Å²) in [6.07, 6.45) is 0.848. The fourth-order valence-corrected chi connectivity index (χ4v) is 3.08. The second-order valence-corrected chi connectivity index (χ2v) is 6.54. The molecule has 0 bridgehead atoms. The summed E-state index contributed by atoms with van der Waals surface area (Å²) in [7, 11) is 2.01. The molecule has 0 heterocycles. The minimum absolute atomic E-state index is 0.0904. The Bertz CT molecular complexity index is 755. The molecular formula is C20H22N2O3. The minimum Gasteiger partial charge on any atom is -0.481 e. The molecule has 0 saturated heterocycles. The summed E-state index contributed by atoms with van der Waals surface area (Å²) in [5.74, 6) is -1.49. The van der Waals surface area contributed by atoms with Gasteiger partial charge >= 0.3 is 5.97 Å². The van der Waals surface area contributed by atoms with E-state index in [2.05, 4.69) is 10.2 Å². The minimum atomic E-state index is -0.811. The number of para-hydroxylation sites is 2. The van der Waals surface area contributed by atoms with Crippen LogP contribution in [0.15, 0.2) is 54.6 Å². The van der Waals surface area contributed by atoms with Crippen LogP contribution < -0.4 is 10.2 Å². The Kier molecular flexibility index (Phi) is 5.03. The largest absolute Gasteiger partial charge is 0.481 e. The Morgan fingerprint density at radius 3 is 2.36 bits per heavy atom. The molecule has 2 aromatic carbocycles. The molecule has 25 heavy (non-hydrogen) atoms. The van der Waals surface area contributed by atoms with Crippen LogP contribution in [0.5, 0.6) is 0 Å². The normalized spacial score (nSPS) is 18.9. The molecular weight excluding hydrogens is 316 g/mol. The van der Waals surface area contributed by atoms with E-state index in [0.29, 0.717) is 19.4 Å². The summed E-state index contributed by atoms with van der Waals surface area (Å²) in [5, 5.41) is 11.9. The first-order chi connectivity index (χ1) is 12.0. The molecule has 130 valence electrons. The second kappa shape index (κ2) is 7.38. The highest BCUT2D eigenvalue weighted by Gasteiger charge is 2.38. The van der Waals surface area contributed by atoms with Gasteiger partial charge in [-0.05, 0) is 36.6 Å². The van der Waals surface area contributed by atoms with Crippen molar-refractivity contribution in [2.24, 2.45) is 11.8 Å². The number of carboxylic acids is 1. The maximum Gasteiger partial charge on any atom is 0.306 e. The fourth-order valence-electron chi connectivity index (χ4n) is 3.08. The SMILES string of the molecule is CN(Cc1ccccc1NC(=O)C1CC(C(=O)O)C1)c1ccccc1. The van der Waals surface area contributed by atoms with Crippen molar-refractivity contribution in [2.45, 2.75) is 19.4 Å². The maximum atomic E-state index is 12.4. The lowest BCUT2D eigenvalue weighted by atomic mass is 9.74. The summed E-state index contributed by atoms with van der Waals surface area (Å²) in [6.45, 7) is 0.670. The molecule has 0 unspecified atom stereocenters. The van der Waals surface area contributed by atoms with Crippen molar-refractivity contribution in [1.29, 1.82) is 0 Å². The molecule has 0 aromatic heterocycles. The first-order valence-corrected chi connectivity index (χ1v) is 8.42. The molecule has 5 heteroatoms. The first-order valence-electron chi connectivity index (χ1n) is 8.42. The summed E-state index contributed by atoms with van der Waals surface area (Å²) >= 11 is 0. The van der Waals surface area contributed by atoms with E-state index >= 15 is 0 Å². The molecule has 1 aliphatic carbocycles. The van der Waals surface area contributed by atoms with Gasteiger partial charge in [0, 0.05) is 30.9 Å². The van der Waals surface area contributed by atoms with E-state index < -0.39 is 5.97 Å². The summed E-state index contributed by atoms with van der Waals surface area (Å²) < 4.78 is 0. The van der Waals surface area contributed by atoms with Crippen LogP contribution >= 0.6 is 0 Å². The highest BCUT2D eigenvalue weighted by molar-refractivity contribution is 5.94. The van der Waals surface area contributed by atoms with Crippen LogP contribution in [0, 0.1) is 11.8 Å². The van der Waals surface area contributed by atoms with E-state index in [1.165, 1.54) is 0 Å².